The van der Waals surface area contributed by atoms with E-state index in [-0.39, 0.29) is 18.1 Å². The highest BCUT2D eigenvalue weighted by molar-refractivity contribution is 5.90. The van der Waals surface area contributed by atoms with Crippen LogP contribution in [0.2, 0.25) is 0 Å². The summed E-state index contributed by atoms with van der Waals surface area (Å²) in [5, 5.41) is 7.03. The van der Waals surface area contributed by atoms with Gasteiger partial charge in [0.25, 0.3) is 0 Å². The van der Waals surface area contributed by atoms with Gasteiger partial charge in [-0.2, -0.15) is 5.10 Å². The molecular formula is C15H20N6O2. The van der Waals surface area contributed by atoms with Crippen molar-refractivity contribution in [2.24, 2.45) is 0 Å². The van der Waals surface area contributed by atoms with Crippen LogP contribution in [0.4, 0.5) is 5.82 Å². The molecule has 0 saturated carbocycles. The Morgan fingerprint density at radius 3 is 2.96 bits per heavy atom. The highest BCUT2D eigenvalue weighted by Crippen LogP contribution is 2.11. The van der Waals surface area contributed by atoms with E-state index < -0.39 is 0 Å². The van der Waals surface area contributed by atoms with Gasteiger partial charge in [0.05, 0.1) is 0 Å². The number of hydrogen-bond acceptors (Lipinski definition) is 5. The molecule has 1 aliphatic rings. The van der Waals surface area contributed by atoms with Crippen molar-refractivity contribution in [3.8, 4) is 0 Å². The third kappa shape index (κ3) is 3.30. The predicted molar refractivity (Wildman–Crippen MR) is 84.2 cm³/mol. The lowest BCUT2D eigenvalue weighted by molar-refractivity contribution is -0.117. The van der Waals surface area contributed by atoms with Gasteiger partial charge in [-0.1, -0.05) is 6.42 Å². The Morgan fingerprint density at radius 2 is 2.13 bits per heavy atom. The van der Waals surface area contributed by atoms with Crippen molar-refractivity contribution in [3.05, 3.63) is 33.9 Å². The number of aryl methyl sites for hydroxylation is 3. The van der Waals surface area contributed by atoms with Gasteiger partial charge >= 0.3 is 5.69 Å². The summed E-state index contributed by atoms with van der Waals surface area (Å²) in [6.45, 7) is 4.15. The third-order valence-electron chi connectivity index (χ3n) is 3.92. The number of hydrogen-bond donors (Lipinski definition) is 1. The van der Waals surface area contributed by atoms with Gasteiger partial charge in [0.2, 0.25) is 5.91 Å². The van der Waals surface area contributed by atoms with Gasteiger partial charge in [-0.3, -0.25) is 9.36 Å². The standard InChI is InChI=1S/C15H20N6O2/c1-10-8-16-11(2)17-14(10)18-13(22)9-21-15(23)20-7-5-3-4-6-12(20)19-21/h8H,3-7,9H2,1-2H3,(H,16,17,18,22). The molecule has 0 saturated heterocycles. The van der Waals surface area contributed by atoms with E-state index in [1.54, 1.807) is 17.7 Å². The Labute approximate surface area is 133 Å². The molecule has 0 spiro atoms. The number of nitrogens with one attached hydrogen (secondary N) is 1. The topological polar surface area (TPSA) is 94.7 Å². The summed E-state index contributed by atoms with van der Waals surface area (Å²) < 4.78 is 2.92. The van der Waals surface area contributed by atoms with Gasteiger partial charge < -0.3 is 5.32 Å². The second-order valence-corrected chi connectivity index (χ2v) is 5.82. The fourth-order valence-electron chi connectivity index (χ4n) is 2.69. The fourth-order valence-corrected chi connectivity index (χ4v) is 2.69. The smallest absolute Gasteiger partial charge is 0.309 e. The Hall–Kier alpha value is -2.51. The normalized spacial score (nSPS) is 14.2. The SMILES string of the molecule is Cc1ncc(C)c(NC(=O)Cn2nc3n(c2=O)CCCCC3)n1. The van der Waals surface area contributed by atoms with E-state index in [0.717, 1.165) is 37.1 Å². The second kappa shape index (κ2) is 6.31. The van der Waals surface area contributed by atoms with Crippen LogP contribution in [0.15, 0.2) is 11.0 Å². The van der Waals surface area contributed by atoms with Crippen molar-refractivity contribution >= 4 is 11.7 Å². The molecule has 0 unspecified atom stereocenters. The number of nitrogens with zero attached hydrogens (tertiary/aromatic N) is 5. The van der Waals surface area contributed by atoms with E-state index in [1.807, 2.05) is 6.92 Å². The lowest BCUT2D eigenvalue weighted by Gasteiger charge is -2.07. The maximum Gasteiger partial charge on any atom is 0.346 e. The van der Waals surface area contributed by atoms with E-state index in [1.165, 1.54) is 4.68 Å². The van der Waals surface area contributed by atoms with Gasteiger partial charge in [-0.25, -0.2) is 19.4 Å². The number of anilines is 1. The van der Waals surface area contributed by atoms with Crippen LogP contribution in [-0.4, -0.2) is 30.2 Å². The molecule has 3 heterocycles. The average Bonchev–Trinajstić information content (AvgIpc) is 2.68. The molecule has 23 heavy (non-hydrogen) atoms. The second-order valence-electron chi connectivity index (χ2n) is 5.82. The molecule has 1 aliphatic heterocycles. The summed E-state index contributed by atoms with van der Waals surface area (Å²) in [4.78, 5) is 32.8. The van der Waals surface area contributed by atoms with Crippen LogP contribution in [-0.2, 0) is 24.3 Å². The first-order valence-corrected chi connectivity index (χ1v) is 7.81. The number of carbonyl (C=O) groups is 1. The summed E-state index contributed by atoms with van der Waals surface area (Å²) in [5.74, 6) is 1.50. The van der Waals surface area contributed by atoms with Gasteiger partial charge in [0, 0.05) is 24.7 Å². The van der Waals surface area contributed by atoms with Crippen LogP contribution in [0.1, 0.15) is 36.5 Å². The molecule has 3 rings (SSSR count). The highest BCUT2D eigenvalue weighted by Gasteiger charge is 2.17. The first-order valence-electron chi connectivity index (χ1n) is 7.81. The Bertz CT molecular complexity index is 792. The average molecular weight is 316 g/mol. The van der Waals surface area contributed by atoms with Crippen LogP contribution in [0.5, 0.6) is 0 Å². The van der Waals surface area contributed by atoms with Crippen LogP contribution < -0.4 is 11.0 Å². The molecule has 0 fully saturated rings. The minimum atomic E-state index is -0.318. The number of rotatable bonds is 3. The maximum atomic E-state index is 12.3. The van der Waals surface area contributed by atoms with Crippen molar-refractivity contribution in [2.75, 3.05) is 5.32 Å². The van der Waals surface area contributed by atoms with Crippen molar-refractivity contribution < 1.29 is 4.79 Å². The number of amides is 1. The summed E-state index contributed by atoms with van der Waals surface area (Å²) in [5.41, 5.74) is 0.560. The fraction of sp³-hybridized carbons (Fsp3) is 0.533. The van der Waals surface area contributed by atoms with Crippen LogP contribution in [0, 0.1) is 13.8 Å². The highest BCUT2D eigenvalue weighted by atomic mass is 16.2. The monoisotopic (exact) mass is 316 g/mol. The molecule has 0 bridgehead atoms. The Morgan fingerprint density at radius 1 is 1.30 bits per heavy atom. The molecule has 0 radical (unpaired) electrons. The third-order valence-corrected chi connectivity index (χ3v) is 3.92. The Balaban J connectivity index is 1.76. The molecule has 0 aromatic carbocycles. The number of aromatic nitrogens is 5. The lowest BCUT2D eigenvalue weighted by Crippen LogP contribution is -2.30. The molecule has 122 valence electrons. The molecule has 0 aliphatic carbocycles. The van der Waals surface area contributed by atoms with Gasteiger partial charge in [0.1, 0.15) is 24.0 Å². The van der Waals surface area contributed by atoms with E-state index in [9.17, 15) is 9.59 Å². The summed E-state index contributed by atoms with van der Waals surface area (Å²) in [6.07, 6.45) is 5.55. The molecule has 1 amide bonds. The van der Waals surface area contributed by atoms with Crippen LogP contribution in [0.3, 0.4) is 0 Å². The molecule has 8 nitrogen and oxygen atoms in total. The molecule has 0 atom stereocenters. The van der Waals surface area contributed by atoms with E-state index in [2.05, 4.69) is 20.4 Å². The quantitative estimate of drug-likeness (QED) is 0.904. The number of fused-ring (bicyclic) bond motifs is 1. The van der Waals surface area contributed by atoms with Crippen LogP contribution >= 0.6 is 0 Å². The van der Waals surface area contributed by atoms with Gasteiger partial charge in [0.15, 0.2) is 0 Å². The van der Waals surface area contributed by atoms with Gasteiger partial charge in [-0.05, 0) is 26.7 Å². The van der Waals surface area contributed by atoms with Crippen molar-refractivity contribution in [1.29, 1.82) is 0 Å². The predicted octanol–water partition coefficient (Wildman–Crippen LogP) is 0.817. The minimum absolute atomic E-state index is 0.110. The van der Waals surface area contributed by atoms with Crippen molar-refractivity contribution in [3.63, 3.8) is 0 Å². The van der Waals surface area contributed by atoms with E-state index >= 15 is 0 Å². The minimum Gasteiger partial charge on any atom is -0.309 e. The van der Waals surface area contributed by atoms with Gasteiger partial charge in [-0.15, -0.1) is 0 Å². The largest absolute Gasteiger partial charge is 0.346 e. The first-order chi connectivity index (χ1) is 11.0. The summed E-state index contributed by atoms with van der Waals surface area (Å²) in [7, 11) is 0. The van der Waals surface area contributed by atoms with Crippen molar-refractivity contribution in [2.45, 2.75) is 52.6 Å². The summed E-state index contributed by atoms with van der Waals surface area (Å²) in [6, 6.07) is 0. The first kappa shape index (κ1) is 15.4. The van der Waals surface area contributed by atoms with Crippen molar-refractivity contribution in [1.82, 2.24) is 24.3 Å². The lowest BCUT2D eigenvalue weighted by atomic mass is 10.2. The van der Waals surface area contributed by atoms with Crippen LogP contribution in [0.25, 0.3) is 0 Å². The molecule has 2 aromatic heterocycles. The molecule has 8 heteroatoms. The van der Waals surface area contributed by atoms with E-state index in [0.29, 0.717) is 18.2 Å². The molecule has 1 N–H and O–H groups in total. The summed E-state index contributed by atoms with van der Waals surface area (Å²) >= 11 is 0. The zero-order valence-corrected chi connectivity index (χ0v) is 13.4. The maximum absolute atomic E-state index is 12.3. The number of carbonyl (C=O) groups excluding carboxylic acids is 1. The zero-order chi connectivity index (χ0) is 16.4. The van der Waals surface area contributed by atoms with E-state index in [4.69, 9.17) is 0 Å². The molecular weight excluding hydrogens is 296 g/mol. The molecule has 2 aromatic rings. The Kier molecular flexibility index (Phi) is 4.22. The zero-order valence-electron chi connectivity index (χ0n) is 13.4.